The summed E-state index contributed by atoms with van der Waals surface area (Å²) in [6.45, 7) is 6.53. The number of hydrogen-bond donors (Lipinski definition) is 1. The lowest BCUT2D eigenvalue weighted by Gasteiger charge is -2.17. The molecule has 1 atom stereocenters. The lowest BCUT2D eigenvalue weighted by molar-refractivity contribution is 0.616. The molecule has 21 heavy (non-hydrogen) atoms. The second kappa shape index (κ2) is 7.67. The van der Waals surface area contributed by atoms with Gasteiger partial charge in [0.1, 0.15) is 0 Å². The van der Waals surface area contributed by atoms with Crippen LogP contribution in [-0.4, -0.2) is 18.8 Å². The van der Waals surface area contributed by atoms with Crippen molar-refractivity contribution in [3.05, 3.63) is 64.7 Å². The molecule has 1 unspecified atom stereocenters. The van der Waals surface area contributed by atoms with Crippen molar-refractivity contribution in [2.24, 2.45) is 0 Å². The van der Waals surface area contributed by atoms with Gasteiger partial charge >= 0.3 is 0 Å². The van der Waals surface area contributed by atoms with Gasteiger partial charge in [-0.2, -0.15) is 0 Å². The normalized spacial score (nSPS) is 12.4. The Labute approximate surface area is 133 Å². The van der Waals surface area contributed by atoms with Gasteiger partial charge in [0, 0.05) is 16.7 Å². The molecule has 1 nitrogen and oxygen atoms in total. The van der Waals surface area contributed by atoms with E-state index in [0.29, 0.717) is 6.04 Å². The molecule has 0 aromatic heterocycles. The van der Waals surface area contributed by atoms with E-state index < -0.39 is 0 Å². The van der Waals surface area contributed by atoms with Crippen molar-refractivity contribution in [2.45, 2.75) is 38.1 Å². The van der Waals surface area contributed by atoms with E-state index in [1.54, 1.807) is 0 Å². The van der Waals surface area contributed by atoms with Gasteiger partial charge in [0.2, 0.25) is 0 Å². The zero-order valence-electron chi connectivity index (χ0n) is 13.4. The maximum Gasteiger partial charge on any atom is 0.0199 e. The van der Waals surface area contributed by atoms with Gasteiger partial charge in [-0.05, 0) is 51.4 Å². The Bertz CT molecular complexity index is 572. The first kappa shape index (κ1) is 16.1. The molecule has 0 heterocycles. The molecule has 0 aliphatic carbocycles. The quantitative estimate of drug-likeness (QED) is 0.786. The fourth-order valence-corrected chi connectivity index (χ4v) is 3.76. The van der Waals surface area contributed by atoms with Gasteiger partial charge in [-0.1, -0.05) is 47.5 Å². The highest BCUT2D eigenvalue weighted by atomic mass is 32.2. The fraction of sp³-hybridized carbons (Fsp3) is 0.368. The monoisotopic (exact) mass is 299 g/mol. The minimum Gasteiger partial charge on any atom is -0.316 e. The largest absolute Gasteiger partial charge is 0.316 e. The van der Waals surface area contributed by atoms with Crippen LogP contribution in [0.2, 0.25) is 0 Å². The summed E-state index contributed by atoms with van der Waals surface area (Å²) in [6, 6.07) is 15.9. The third kappa shape index (κ3) is 4.90. The van der Waals surface area contributed by atoms with E-state index >= 15 is 0 Å². The highest BCUT2D eigenvalue weighted by Gasteiger charge is 2.09. The van der Waals surface area contributed by atoms with Crippen LogP contribution < -0.4 is 5.32 Å². The van der Waals surface area contributed by atoms with E-state index in [-0.39, 0.29) is 0 Å². The Morgan fingerprint density at radius 1 is 1.00 bits per heavy atom. The number of hydrogen-bond acceptors (Lipinski definition) is 2. The van der Waals surface area contributed by atoms with Crippen molar-refractivity contribution in [3.63, 3.8) is 0 Å². The molecule has 112 valence electrons. The van der Waals surface area contributed by atoms with Gasteiger partial charge in [-0.3, -0.25) is 0 Å². The molecule has 2 aromatic carbocycles. The van der Waals surface area contributed by atoms with E-state index in [1.165, 1.54) is 27.1 Å². The molecule has 0 amide bonds. The van der Waals surface area contributed by atoms with Gasteiger partial charge in [0.25, 0.3) is 0 Å². The van der Waals surface area contributed by atoms with E-state index in [4.69, 9.17) is 0 Å². The van der Waals surface area contributed by atoms with E-state index in [2.05, 4.69) is 75.6 Å². The summed E-state index contributed by atoms with van der Waals surface area (Å²) in [4.78, 5) is 1.39. The lowest BCUT2D eigenvalue weighted by Crippen LogP contribution is -2.30. The van der Waals surface area contributed by atoms with Crippen molar-refractivity contribution in [1.82, 2.24) is 5.32 Å². The number of nitrogens with one attached hydrogen (secondary N) is 1. The van der Waals surface area contributed by atoms with Crippen molar-refractivity contribution < 1.29 is 0 Å². The first-order valence-corrected chi connectivity index (χ1v) is 8.50. The Balaban J connectivity index is 1.98. The molecule has 2 aromatic rings. The summed E-state index contributed by atoms with van der Waals surface area (Å²) in [5.74, 6) is 1.09. The van der Waals surface area contributed by atoms with Crippen LogP contribution in [0.25, 0.3) is 0 Å². The van der Waals surface area contributed by atoms with Gasteiger partial charge in [0.05, 0.1) is 0 Å². The van der Waals surface area contributed by atoms with Crippen molar-refractivity contribution in [2.75, 3.05) is 12.8 Å². The molecule has 1 N–H and O–H groups in total. The first-order valence-electron chi connectivity index (χ1n) is 7.51. The summed E-state index contributed by atoms with van der Waals surface area (Å²) < 4.78 is 0. The molecule has 0 saturated carbocycles. The molecule has 0 aliphatic rings. The molecular formula is C19H25NS. The predicted octanol–water partition coefficient (Wildman–Crippen LogP) is 4.53. The van der Waals surface area contributed by atoms with Crippen molar-refractivity contribution in [1.29, 1.82) is 0 Å². The average molecular weight is 299 g/mol. The fourth-order valence-electron chi connectivity index (χ4n) is 2.62. The maximum atomic E-state index is 3.46. The number of thioether (sulfide) groups is 1. The molecule has 0 radical (unpaired) electrons. The smallest absolute Gasteiger partial charge is 0.0199 e. The van der Waals surface area contributed by atoms with Gasteiger partial charge in [-0.25, -0.2) is 0 Å². The van der Waals surface area contributed by atoms with Crippen LogP contribution in [0.3, 0.4) is 0 Å². The number of benzene rings is 2. The minimum atomic E-state index is 0.496. The average Bonchev–Trinajstić information content (AvgIpc) is 2.44. The van der Waals surface area contributed by atoms with Crippen molar-refractivity contribution >= 4 is 11.8 Å². The molecule has 0 saturated heterocycles. The lowest BCUT2D eigenvalue weighted by atomic mass is 10.0. The highest BCUT2D eigenvalue weighted by Crippen LogP contribution is 2.23. The second-order valence-electron chi connectivity index (χ2n) is 5.76. The van der Waals surface area contributed by atoms with Crippen LogP contribution in [0.4, 0.5) is 0 Å². The molecular weight excluding hydrogens is 274 g/mol. The Kier molecular flexibility index (Phi) is 5.89. The number of likely N-dealkylation sites (N-methyl/N-ethyl adjacent to an activating group) is 1. The van der Waals surface area contributed by atoms with Crippen LogP contribution in [0, 0.1) is 20.8 Å². The van der Waals surface area contributed by atoms with Crippen LogP contribution >= 0.6 is 11.8 Å². The van der Waals surface area contributed by atoms with Gasteiger partial charge in [0.15, 0.2) is 0 Å². The number of rotatable bonds is 6. The summed E-state index contributed by atoms with van der Waals surface area (Å²) in [7, 11) is 2.06. The Hall–Kier alpha value is -1.25. The van der Waals surface area contributed by atoms with Crippen LogP contribution in [0.15, 0.2) is 47.4 Å². The van der Waals surface area contributed by atoms with Crippen LogP contribution in [0.5, 0.6) is 0 Å². The number of aryl methyl sites for hydroxylation is 3. The minimum absolute atomic E-state index is 0.496. The van der Waals surface area contributed by atoms with Gasteiger partial charge in [-0.15, -0.1) is 11.8 Å². The SMILES string of the molecule is CNC(CSc1ccccc1C)Cc1cc(C)cc(C)c1. The molecule has 2 heteroatoms. The molecule has 2 rings (SSSR count). The molecule has 0 aliphatic heterocycles. The standard InChI is InChI=1S/C19H25NS/c1-14-9-15(2)11-17(10-14)12-18(20-4)13-21-19-8-6-5-7-16(19)3/h5-11,18,20H,12-13H2,1-4H3. The third-order valence-electron chi connectivity index (χ3n) is 3.71. The Morgan fingerprint density at radius 2 is 1.67 bits per heavy atom. The Morgan fingerprint density at radius 3 is 2.29 bits per heavy atom. The molecule has 0 fully saturated rings. The second-order valence-corrected chi connectivity index (χ2v) is 6.82. The van der Waals surface area contributed by atoms with Crippen LogP contribution in [-0.2, 0) is 6.42 Å². The summed E-state index contributed by atoms with van der Waals surface area (Å²) in [5.41, 5.74) is 5.50. The molecule has 0 bridgehead atoms. The zero-order valence-corrected chi connectivity index (χ0v) is 14.3. The third-order valence-corrected chi connectivity index (χ3v) is 5.04. The zero-order chi connectivity index (χ0) is 15.2. The van der Waals surface area contributed by atoms with Gasteiger partial charge < -0.3 is 5.32 Å². The maximum absolute atomic E-state index is 3.46. The first-order chi connectivity index (χ1) is 10.1. The van der Waals surface area contributed by atoms with E-state index in [0.717, 1.165) is 12.2 Å². The highest BCUT2D eigenvalue weighted by molar-refractivity contribution is 7.99. The summed E-state index contributed by atoms with van der Waals surface area (Å²) in [6.07, 6.45) is 1.08. The summed E-state index contributed by atoms with van der Waals surface area (Å²) >= 11 is 1.94. The van der Waals surface area contributed by atoms with Crippen molar-refractivity contribution in [3.8, 4) is 0 Å². The summed E-state index contributed by atoms with van der Waals surface area (Å²) in [5, 5.41) is 3.46. The molecule has 0 spiro atoms. The van der Waals surface area contributed by atoms with E-state index in [1.807, 2.05) is 11.8 Å². The van der Waals surface area contributed by atoms with E-state index in [9.17, 15) is 0 Å². The van der Waals surface area contributed by atoms with Crippen LogP contribution in [0.1, 0.15) is 22.3 Å². The topological polar surface area (TPSA) is 12.0 Å². The predicted molar refractivity (Wildman–Crippen MR) is 94.4 cm³/mol.